The molecule has 0 saturated heterocycles. The summed E-state index contributed by atoms with van der Waals surface area (Å²) in [4.78, 5) is 0. The summed E-state index contributed by atoms with van der Waals surface area (Å²) in [7, 11) is 0. The molecule has 0 unspecified atom stereocenters. The van der Waals surface area contributed by atoms with Gasteiger partial charge in [0.15, 0.2) is 0 Å². The lowest BCUT2D eigenvalue weighted by Gasteiger charge is -2.16. The highest BCUT2D eigenvalue weighted by molar-refractivity contribution is 6.17. The van der Waals surface area contributed by atoms with E-state index in [4.69, 9.17) is 11.6 Å². The standard InChI is InChI=1S/C13H15ClF3N/c14-8-7-12(5-6-12)9-18-11-3-1-10(2-4-11)13(15,16)17/h1-4,18H,5-9H2. The Morgan fingerprint density at radius 1 is 1.17 bits per heavy atom. The number of alkyl halides is 4. The number of benzene rings is 1. The summed E-state index contributed by atoms with van der Waals surface area (Å²) >= 11 is 5.73. The van der Waals surface area contributed by atoms with Crippen LogP contribution in [0.1, 0.15) is 24.8 Å². The molecule has 1 nitrogen and oxygen atoms in total. The fraction of sp³-hybridized carbons (Fsp3) is 0.538. The Kier molecular flexibility index (Phi) is 3.76. The number of anilines is 1. The van der Waals surface area contributed by atoms with E-state index in [9.17, 15) is 13.2 Å². The topological polar surface area (TPSA) is 12.0 Å². The van der Waals surface area contributed by atoms with Gasteiger partial charge in [0.2, 0.25) is 0 Å². The summed E-state index contributed by atoms with van der Waals surface area (Å²) in [6.07, 6.45) is -1.02. The normalized spacial score (nSPS) is 17.6. The highest BCUT2D eigenvalue weighted by Crippen LogP contribution is 2.48. The molecule has 1 saturated carbocycles. The minimum absolute atomic E-state index is 0.268. The molecule has 5 heteroatoms. The van der Waals surface area contributed by atoms with Gasteiger partial charge in [-0.15, -0.1) is 11.6 Å². The quantitative estimate of drug-likeness (QED) is 0.780. The van der Waals surface area contributed by atoms with Gasteiger partial charge in [-0.3, -0.25) is 0 Å². The maximum atomic E-state index is 12.4. The van der Waals surface area contributed by atoms with Crippen LogP contribution in [-0.2, 0) is 6.18 Å². The van der Waals surface area contributed by atoms with E-state index in [1.807, 2.05) is 0 Å². The van der Waals surface area contributed by atoms with Crippen molar-refractivity contribution in [1.82, 2.24) is 0 Å². The zero-order valence-corrected chi connectivity index (χ0v) is 10.6. The van der Waals surface area contributed by atoms with Crippen molar-refractivity contribution in [2.24, 2.45) is 5.41 Å². The van der Waals surface area contributed by atoms with E-state index in [-0.39, 0.29) is 5.41 Å². The van der Waals surface area contributed by atoms with E-state index >= 15 is 0 Å². The minimum Gasteiger partial charge on any atom is -0.384 e. The fourth-order valence-electron chi connectivity index (χ4n) is 1.96. The smallest absolute Gasteiger partial charge is 0.384 e. The Bertz CT molecular complexity index is 396. The molecule has 0 spiro atoms. The van der Waals surface area contributed by atoms with Crippen LogP contribution >= 0.6 is 11.6 Å². The molecule has 0 radical (unpaired) electrons. The van der Waals surface area contributed by atoms with Gasteiger partial charge in [0.1, 0.15) is 0 Å². The third-order valence-corrected chi connectivity index (χ3v) is 3.65. The van der Waals surface area contributed by atoms with E-state index in [1.54, 1.807) is 0 Å². The van der Waals surface area contributed by atoms with Gasteiger partial charge in [-0.25, -0.2) is 0 Å². The molecule has 0 bridgehead atoms. The maximum Gasteiger partial charge on any atom is 0.416 e. The summed E-state index contributed by atoms with van der Waals surface area (Å²) in [5.74, 6) is 0.634. The second-order valence-corrected chi connectivity index (χ2v) is 5.25. The summed E-state index contributed by atoms with van der Waals surface area (Å²) in [6.45, 7) is 0.783. The molecule has 1 aliphatic rings. The molecule has 100 valence electrons. The molecule has 0 atom stereocenters. The van der Waals surface area contributed by atoms with E-state index in [0.717, 1.165) is 43.6 Å². The van der Waals surface area contributed by atoms with E-state index in [2.05, 4.69) is 5.32 Å². The minimum atomic E-state index is -4.27. The van der Waals surface area contributed by atoms with Gasteiger partial charge in [0.05, 0.1) is 5.56 Å². The first-order valence-electron chi connectivity index (χ1n) is 5.92. The average Bonchev–Trinajstić information content (AvgIpc) is 3.07. The van der Waals surface area contributed by atoms with Gasteiger partial charge in [-0.05, 0) is 48.9 Å². The second kappa shape index (κ2) is 5.00. The zero-order chi connectivity index (χ0) is 13.2. The molecule has 2 rings (SSSR count). The molecule has 1 aromatic carbocycles. The summed E-state index contributed by atoms with van der Waals surface area (Å²) in [5.41, 5.74) is 0.378. The predicted molar refractivity (Wildman–Crippen MR) is 66.9 cm³/mol. The van der Waals surface area contributed by atoms with Gasteiger partial charge >= 0.3 is 6.18 Å². The summed E-state index contributed by atoms with van der Waals surface area (Å²) < 4.78 is 37.1. The van der Waals surface area contributed by atoms with Crippen molar-refractivity contribution in [3.63, 3.8) is 0 Å². The summed E-state index contributed by atoms with van der Waals surface area (Å²) in [5, 5.41) is 3.18. The Balaban J connectivity index is 1.91. The van der Waals surface area contributed by atoms with Gasteiger partial charge in [0, 0.05) is 18.1 Å². The Labute approximate surface area is 109 Å². The van der Waals surface area contributed by atoms with Crippen LogP contribution in [0.4, 0.5) is 18.9 Å². The Morgan fingerprint density at radius 2 is 1.78 bits per heavy atom. The van der Waals surface area contributed by atoms with Crippen LogP contribution in [0, 0.1) is 5.41 Å². The van der Waals surface area contributed by atoms with Crippen LogP contribution < -0.4 is 5.32 Å². The molecule has 1 aromatic rings. The molecule has 1 fully saturated rings. The van der Waals surface area contributed by atoms with Crippen molar-refractivity contribution >= 4 is 17.3 Å². The number of halogens is 4. The highest BCUT2D eigenvalue weighted by Gasteiger charge is 2.41. The van der Waals surface area contributed by atoms with Crippen LogP contribution in [0.3, 0.4) is 0 Å². The van der Waals surface area contributed by atoms with Crippen LogP contribution in [0.25, 0.3) is 0 Å². The highest BCUT2D eigenvalue weighted by atomic mass is 35.5. The molecule has 0 amide bonds. The van der Waals surface area contributed by atoms with Crippen LogP contribution in [0.15, 0.2) is 24.3 Å². The van der Waals surface area contributed by atoms with E-state index in [1.165, 1.54) is 12.1 Å². The van der Waals surface area contributed by atoms with Gasteiger partial charge in [-0.2, -0.15) is 13.2 Å². The predicted octanol–water partition coefficient (Wildman–Crippen LogP) is 4.53. The molecule has 0 heterocycles. The first kappa shape index (κ1) is 13.5. The van der Waals surface area contributed by atoms with Crippen LogP contribution in [0.2, 0.25) is 0 Å². The van der Waals surface area contributed by atoms with Crippen molar-refractivity contribution in [3.8, 4) is 0 Å². The molecule has 0 aliphatic heterocycles. The van der Waals surface area contributed by atoms with Crippen molar-refractivity contribution < 1.29 is 13.2 Å². The third kappa shape index (κ3) is 3.31. The average molecular weight is 278 g/mol. The van der Waals surface area contributed by atoms with Crippen LogP contribution in [0.5, 0.6) is 0 Å². The SMILES string of the molecule is FC(F)(F)c1ccc(NCC2(CCCl)CC2)cc1. The van der Waals surface area contributed by atoms with E-state index < -0.39 is 11.7 Å². The first-order valence-corrected chi connectivity index (χ1v) is 6.46. The number of hydrogen-bond donors (Lipinski definition) is 1. The Morgan fingerprint density at radius 3 is 2.22 bits per heavy atom. The number of hydrogen-bond acceptors (Lipinski definition) is 1. The lowest BCUT2D eigenvalue weighted by molar-refractivity contribution is -0.137. The van der Waals surface area contributed by atoms with Crippen molar-refractivity contribution in [2.75, 3.05) is 17.7 Å². The lowest BCUT2D eigenvalue weighted by atomic mass is 10.0. The molecular formula is C13H15ClF3N. The van der Waals surface area contributed by atoms with E-state index in [0.29, 0.717) is 5.88 Å². The summed E-state index contributed by atoms with van der Waals surface area (Å²) in [6, 6.07) is 5.14. The van der Waals surface area contributed by atoms with Gasteiger partial charge in [0.25, 0.3) is 0 Å². The number of nitrogens with one attached hydrogen (secondary N) is 1. The molecule has 1 aliphatic carbocycles. The van der Waals surface area contributed by atoms with Gasteiger partial charge < -0.3 is 5.32 Å². The fourth-order valence-corrected chi connectivity index (χ4v) is 2.36. The molecule has 1 N–H and O–H groups in total. The monoisotopic (exact) mass is 277 g/mol. The number of rotatable bonds is 5. The van der Waals surface area contributed by atoms with Gasteiger partial charge in [-0.1, -0.05) is 0 Å². The maximum absolute atomic E-state index is 12.4. The largest absolute Gasteiger partial charge is 0.416 e. The molecular weight excluding hydrogens is 263 g/mol. The van der Waals surface area contributed by atoms with Crippen molar-refractivity contribution in [3.05, 3.63) is 29.8 Å². The third-order valence-electron chi connectivity index (χ3n) is 3.46. The molecule has 0 aromatic heterocycles. The zero-order valence-electron chi connectivity index (χ0n) is 9.86. The lowest BCUT2D eigenvalue weighted by Crippen LogP contribution is -2.16. The van der Waals surface area contributed by atoms with Crippen LogP contribution in [-0.4, -0.2) is 12.4 Å². The second-order valence-electron chi connectivity index (χ2n) is 4.87. The van der Waals surface area contributed by atoms with Crippen molar-refractivity contribution in [1.29, 1.82) is 0 Å². The first-order chi connectivity index (χ1) is 8.45. The molecule has 18 heavy (non-hydrogen) atoms. The van der Waals surface area contributed by atoms with Crippen molar-refractivity contribution in [2.45, 2.75) is 25.4 Å². The Hall–Kier alpha value is -0.900.